The highest BCUT2D eigenvalue weighted by Gasteiger charge is 2.16. The number of hydrogen-bond donors (Lipinski definition) is 2. The molecular weight excluding hydrogens is 400 g/mol. The van der Waals surface area contributed by atoms with Crippen molar-refractivity contribution in [2.45, 2.75) is 32.1 Å². The van der Waals surface area contributed by atoms with Gasteiger partial charge in [-0.2, -0.15) is 0 Å². The standard InChI is InChI=1S/C23H24N2O6/c1-30-19-9-7-16(8-10-19)23(29)25-24-21(27)14-31-22(28)12-11-20(26)18-6-5-15-3-2-4-17(15)13-18/h5-10,13H,2-4,11-12,14H2,1H3,(H,24,27)(H,25,29). The van der Waals surface area contributed by atoms with Gasteiger partial charge in [0.15, 0.2) is 12.4 Å². The van der Waals surface area contributed by atoms with Crippen LogP contribution in [0.2, 0.25) is 0 Å². The van der Waals surface area contributed by atoms with Crippen molar-refractivity contribution >= 4 is 23.6 Å². The number of Topliss-reactive ketones (excluding diaryl/α,β-unsaturated/α-hetero) is 1. The zero-order chi connectivity index (χ0) is 22.2. The molecule has 0 radical (unpaired) electrons. The zero-order valence-corrected chi connectivity index (χ0v) is 17.2. The quantitative estimate of drug-likeness (QED) is 0.382. The van der Waals surface area contributed by atoms with Crippen LogP contribution in [0.25, 0.3) is 0 Å². The predicted molar refractivity (Wildman–Crippen MR) is 112 cm³/mol. The summed E-state index contributed by atoms with van der Waals surface area (Å²) in [6, 6.07) is 12.0. The van der Waals surface area contributed by atoms with Gasteiger partial charge in [0.25, 0.3) is 11.8 Å². The molecule has 0 saturated heterocycles. The lowest BCUT2D eigenvalue weighted by Crippen LogP contribution is -2.43. The minimum absolute atomic E-state index is 0.00739. The molecule has 0 saturated carbocycles. The van der Waals surface area contributed by atoms with Gasteiger partial charge < -0.3 is 9.47 Å². The molecule has 3 rings (SSSR count). The van der Waals surface area contributed by atoms with E-state index in [0.717, 1.165) is 19.3 Å². The first-order valence-corrected chi connectivity index (χ1v) is 10.00. The first-order chi connectivity index (χ1) is 15.0. The number of ketones is 1. The number of methoxy groups -OCH3 is 1. The van der Waals surface area contributed by atoms with E-state index in [1.54, 1.807) is 30.3 Å². The Balaban J connectivity index is 1.35. The monoisotopic (exact) mass is 424 g/mol. The third kappa shape index (κ3) is 6.15. The van der Waals surface area contributed by atoms with Crippen molar-refractivity contribution in [3.8, 4) is 5.75 Å². The summed E-state index contributed by atoms with van der Waals surface area (Å²) in [5.74, 6) is -1.42. The fourth-order valence-corrected chi connectivity index (χ4v) is 3.30. The molecule has 2 aromatic rings. The molecule has 31 heavy (non-hydrogen) atoms. The minimum Gasteiger partial charge on any atom is -0.497 e. The average molecular weight is 424 g/mol. The average Bonchev–Trinajstić information content (AvgIpc) is 3.27. The van der Waals surface area contributed by atoms with Crippen molar-refractivity contribution in [1.82, 2.24) is 10.9 Å². The maximum atomic E-state index is 12.3. The highest BCUT2D eigenvalue weighted by molar-refractivity contribution is 5.98. The summed E-state index contributed by atoms with van der Waals surface area (Å²) in [7, 11) is 1.51. The third-order valence-electron chi connectivity index (χ3n) is 5.01. The Bertz CT molecular complexity index is 984. The van der Waals surface area contributed by atoms with E-state index in [0.29, 0.717) is 16.9 Å². The summed E-state index contributed by atoms with van der Waals surface area (Å²) in [5.41, 5.74) is 7.78. The molecule has 2 aromatic carbocycles. The number of benzene rings is 2. The van der Waals surface area contributed by atoms with Gasteiger partial charge >= 0.3 is 5.97 Å². The van der Waals surface area contributed by atoms with Gasteiger partial charge in [0.05, 0.1) is 13.5 Å². The number of ether oxygens (including phenoxy) is 2. The van der Waals surface area contributed by atoms with E-state index in [4.69, 9.17) is 9.47 Å². The van der Waals surface area contributed by atoms with E-state index < -0.39 is 24.4 Å². The first kappa shape index (κ1) is 22.0. The molecule has 8 nitrogen and oxygen atoms in total. The van der Waals surface area contributed by atoms with Crippen LogP contribution in [-0.4, -0.2) is 37.3 Å². The van der Waals surface area contributed by atoms with Crippen molar-refractivity contribution in [1.29, 1.82) is 0 Å². The highest BCUT2D eigenvalue weighted by Crippen LogP contribution is 2.23. The minimum atomic E-state index is -0.694. The maximum Gasteiger partial charge on any atom is 0.306 e. The number of fused-ring (bicyclic) bond motifs is 1. The Hall–Kier alpha value is -3.68. The molecule has 1 aliphatic rings. The van der Waals surface area contributed by atoms with Gasteiger partial charge in [0.2, 0.25) is 0 Å². The maximum absolute atomic E-state index is 12.3. The first-order valence-electron chi connectivity index (χ1n) is 10.00. The van der Waals surface area contributed by atoms with Crippen LogP contribution in [0.3, 0.4) is 0 Å². The molecule has 0 atom stereocenters. The summed E-state index contributed by atoms with van der Waals surface area (Å²) < 4.78 is 9.87. The Labute approximate surface area is 179 Å². The Morgan fingerprint density at radius 3 is 2.32 bits per heavy atom. The molecule has 2 N–H and O–H groups in total. The van der Waals surface area contributed by atoms with Crippen molar-refractivity contribution in [2.24, 2.45) is 0 Å². The second-order valence-corrected chi connectivity index (χ2v) is 7.15. The molecule has 0 bridgehead atoms. The molecule has 8 heteroatoms. The summed E-state index contributed by atoms with van der Waals surface area (Å²) in [5, 5.41) is 0. The van der Waals surface area contributed by atoms with Gasteiger partial charge in [-0.15, -0.1) is 0 Å². The van der Waals surface area contributed by atoms with E-state index in [1.165, 1.54) is 18.2 Å². The Kier molecular flexibility index (Phi) is 7.37. The summed E-state index contributed by atoms with van der Waals surface area (Å²) in [4.78, 5) is 47.9. The van der Waals surface area contributed by atoms with Gasteiger partial charge in [0.1, 0.15) is 5.75 Å². The van der Waals surface area contributed by atoms with E-state index in [2.05, 4.69) is 10.9 Å². The normalized spacial score (nSPS) is 11.9. The van der Waals surface area contributed by atoms with Crippen LogP contribution in [0.15, 0.2) is 42.5 Å². The van der Waals surface area contributed by atoms with Crippen molar-refractivity contribution in [2.75, 3.05) is 13.7 Å². The topological polar surface area (TPSA) is 111 Å². The lowest BCUT2D eigenvalue weighted by Gasteiger charge is -2.09. The van der Waals surface area contributed by atoms with Gasteiger partial charge in [-0.25, -0.2) is 0 Å². The fourth-order valence-electron chi connectivity index (χ4n) is 3.30. The number of hydrazine groups is 1. The predicted octanol–water partition coefficient (Wildman–Crippen LogP) is 2.15. The largest absolute Gasteiger partial charge is 0.497 e. The number of amides is 2. The molecule has 162 valence electrons. The molecule has 0 aromatic heterocycles. The van der Waals surface area contributed by atoms with Crippen LogP contribution >= 0.6 is 0 Å². The van der Waals surface area contributed by atoms with E-state index in [-0.39, 0.29) is 18.6 Å². The molecule has 2 amide bonds. The number of hydrogen-bond acceptors (Lipinski definition) is 6. The summed E-state index contributed by atoms with van der Waals surface area (Å²) in [6.45, 7) is -0.561. The highest BCUT2D eigenvalue weighted by atomic mass is 16.5. The molecular formula is C23H24N2O6. The van der Waals surface area contributed by atoms with Crippen LogP contribution < -0.4 is 15.6 Å². The van der Waals surface area contributed by atoms with Crippen LogP contribution in [0.4, 0.5) is 0 Å². The van der Waals surface area contributed by atoms with E-state index >= 15 is 0 Å². The third-order valence-corrected chi connectivity index (χ3v) is 5.01. The smallest absolute Gasteiger partial charge is 0.306 e. The lowest BCUT2D eigenvalue weighted by atomic mass is 10.0. The molecule has 0 heterocycles. The van der Waals surface area contributed by atoms with Crippen molar-refractivity contribution in [3.63, 3.8) is 0 Å². The van der Waals surface area contributed by atoms with E-state index in [9.17, 15) is 19.2 Å². The fraction of sp³-hybridized carbons (Fsp3) is 0.304. The summed E-state index contributed by atoms with van der Waals surface area (Å²) in [6.07, 6.45) is 3.00. The molecule has 0 spiro atoms. The second kappa shape index (κ2) is 10.4. The number of carbonyl (C=O) groups excluding carboxylic acids is 4. The van der Waals surface area contributed by atoms with Crippen LogP contribution in [0.1, 0.15) is 51.1 Å². The van der Waals surface area contributed by atoms with Crippen molar-refractivity contribution in [3.05, 3.63) is 64.7 Å². The van der Waals surface area contributed by atoms with Crippen LogP contribution in [-0.2, 0) is 27.2 Å². The van der Waals surface area contributed by atoms with Gasteiger partial charge in [0, 0.05) is 17.5 Å². The summed E-state index contributed by atoms with van der Waals surface area (Å²) >= 11 is 0. The van der Waals surface area contributed by atoms with Gasteiger partial charge in [-0.05, 0) is 60.7 Å². The lowest BCUT2D eigenvalue weighted by molar-refractivity contribution is -0.148. The Morgan fingerprint density at radius 2 is 1.58 bits per heavy atom. The van der Waals surface area contributed by atoms with Gasteiger partial charge in [-0.3, -0.25) is 30.0 Å². The Morgan fingerprint density at radius 1 is 0.871 bits per heavy atom. The number of aryl methyl sites for hydroxylation is 2. The zero-order valence-electron chi connectivity index (χ0n) is 17.2. The van der Waals surface area contributed by atoms with Crippen LogP contribution in [0, 0.1) is 0 Å². The van der Waals surface area contributed by atoms with Crippen LogP contribution in [0.5, 0.6) is 5.75 Å². The molecule has 1 aliphatic carbocycles. The van der Waals surface area contributed by atoms with Gasteiger partial charge in [-0.1, -0.05) is 12.1 Å². The SMILES string of the molecule is COc1ccc(C(=O)NNC(=O)COC(=O)CCC(=O)c2ccc3c(c2)CCC3)cc1. The molecule has 0 unspecified atom stereocenters. The molecule has 0 aliphatic heterocycles. The molecule has 0 fully saturated rings. The van der Waals surface area contributed by atoms with E-state index in [1.807, 2.05) is 12.1 Å². The number of nitrogens with one attached hydrogen (secondary N) is 2. The number of carbonyl (C=O) groups is 4. The van der Waals surface area contributed by atoms with Crippen molar-refractivity contribution < 1.29 is 28.7 Å². The number of esters is 1. The second-order valence-electron chi connectivity index (χ2n) is 7.15. The number of rotatable bonds is 8.